The van der Waals surface area contributed by atoms with Crippen molar-refractivity contribution < 1.29 is 10.0 Å². The lowest BCUT2D eigenvalue weighted by molar-refractivity contribution is -0.111. The minimum atomic E-state index is -0.342. The van der Waals surface area contributed by atoms with Crippen molar-refractivity contribution in [2.75, 3.05) is 0 Å². The Morgan fingerprint density at radius 2 is 2.08 bits per heavy atom. The first-order valence-electron chi connectivity index (χ1n) is 3.61. The van der Waals surface area contributed by atoms with Gasteiger partial charge in [-0.15, -0.1) is 0 Å². The lowest BCUT2D eigenvalue weighted by atomic mass is 10.3. The van der Waals surface area contributed by atoms with Crippen LogP contribution in [0.5, 0.6) is 0 Å². The van der Waals surface area contributed by atoms with Crippen molar-refractivity contribution in [1.82, 2.24) is 4.57 Å². The van der Waals surface area contributed by atoms with E-state index in [1.165, 1.54) is 36.0 Å². The van der Waals surface area contributed by atoms with Gasteiger partial charge in [-0.2, -0.15) is 0 Å². The van der Waals surface area contributed by atoms with Crippen LogP contribution in [0.2, 0.25) is 0 Å². The summed E-state index contributed by atoms with van der Waals surface area (Å²) < 4.78 is 1.35. The molecule has 5 nitrogen and oxygen atoms in total. The molecule has 0 fully saturated rings. The Bertz CT molecular complexity index is 386. The quantitative estimate of drug-likeness (QED) is 0.279. The lowest BCUT2D eigenvalue weighted by Crippen LogP contribution is -2.21. The largest absolute Gasteiger partial charge is 0.409 e. The van der Waals surface area contributed by atoms with E-state index in [-0.39, 0.29) is 11.6 Å². The van der Waals surface area contributed by atoms with Crippen molar-refractivity contribution in [2.45, 2.75) is 6.92 Å². The van der Waals surface area contributed by atoms with Gasteiger partial charge in [0.05, 0.1) is 5.36 Å². The van der Waals surface area contributed by atoms with Crippen molar-refractivity contribution in [3.05, 3.63) is 29.9 Å². The lowest BCUT2D eigenvalue weighted by Gasteiger charge is -2.03. The van der Waals surface area contributed by atoms with Crippen molar-refractivity contribution in [1.29, 1.82) is 5.41 Å². The standard InChI is InChI=1S/C8H9N3O2/c1-6(12)8(10-13)11-4-2-7(9)3-5-11/h2-5,9,13H,1H3/b10-8+. The maximum atomic E-state index is 10.9. The third-order valence-corrected chi connectivity index (χ3v) is 1.48. The van der Waals surface area contributed by atoms with Crippen LogP contribution in [0, 0.1) is 5.41 Å². The van der Waals surface area contributed by atoms with E-state index >= 15 is 0 Å². The average molecular weight is 179 g/mol. The predicted molar refractivity (Wildman–Crippen MR) is 45.6 cm³/mol. The molecule has 0 atom stereocenters. The molecule has 0 saturated carbocycles. The number of nitrogens with one attached hydrogen (secondary N) is 1. The number of hydrogen-bond donors (Lipinski definition) is 2. The molecule has 0 radical (unpaired) electrons. The molecule has 0 unspecified atom stereocenters. The van der Waals surface area contributed by atoms with E-state index in [2.05, 4.69) is 5.16 Å². The number of rotatable bonds is 1. The minimum absolute atomic E-state index is 0.0694. The monoisotopic (exact) mass is 179 g/mol. The summed E-state index contributed by atoms with van der Waals surface area (Å²) in [5.41, 5.74) is 0. The van der Waals surface area contributed by atoms with Crippen molar-refractivity contribution >= 4 is 11.6 Å². The van der Waals surface area contributed by atoms with E-state index in [1.54, 1.807) is 0 Å². The molecule has 0 bridgehead atoms. The molecule has 0 spiro atoms. The summed E-state index contributed by atoms with van der Waals surface area (Å²) in [6, 6.07) is 2.99. The second kappa shape index (κ2) is 3.66. The molecule has 1 aromatic heterocycles. The molecule has 2 N–H and O–H groups in total. The Morgan fingerprint density at radius 3 is 2.46 bits per heavy atom. The van der Waals surface area contributed by atoms with Crippen LogP contribution in [-0.2, 0) is 4.79 Å². The molecule has 0 aliphatic carbocycles. The van der Waals surface area contributed by atoms with E-state index < -0.39 is 0 Å². The molecule has 1 rings (SSSR count). The van der Waals surface area contributed by atoms with Crippen LogP contribution in [0.3, 0.4) is 0 Å². The first kappa shape index (κ1) is 9.18. The summed E-state index contributed by atoms with van der Waals surface area (Å²) in [6.07, 6.45) is 2.97. The number of nitrogens with zero attached hydrogens (tertiary/aromatic N) is 2. The Kier molecular flexibility index (Phi) is 2.59. The number of ketones is 1. The van der Waals surface area contributed by atoms with Crippen LogP contribution in [0.15, 0.2) is 29.7 Å². The maximum Gasteiger partial charge on any atom is 0.219 e. The van der Waals surface area contributed by atoms with Crippen molar-refractivity contribution in [3.8, 4) is 0 Å². The smallest absolute Gasteiger partial charge is 0.219 e. The highest BCUT2D eigenvalue weighted by Gasteiger charge is 2.06. The van der Waals surface area contributed by atoms with Crippen LogP contribution in [0.1, 0.15) is 6.92 Å². The number of carbonyl (C=O) groups excluding carboxylic acids is 1. The first-order chi connectivity index (χ1) is 6.15. The Hall–Kier alpha value is -1.91. The predicted octanol–water partition coefficient (Wildman–Crippen LogP) is 0.192. The van der Waals surface area contributed by atoms with Gasteiger partial charge in [0, 0.05) is 19.3 Å². The van der Waals surface area contributed by atoms with Crippen LogP contribution in [-0.4, -0.2) is 21.4 Å². The zero-order chi connectivity index (χ0) is 9.84. The molecule has 13 heavy (non-hydrogen) atoms. The van der Waals surface area contributed by atoms with E-state index in [1.807, 2.05) is 0 Å². The van der Waals surface area contributed by atoms with Gasteiger partial charge in [0.2, 0.25) is 5.84 Å². The van der Waals surface area contributed by atoms with Gasteiger partial charge in [-0.05, 0) is 12.1 Å². The molecule has 5 heteroatoms. The normalized spacial score (nSPS) is 11.3. The zero-order valence-electron chi connectivity index (χ0n) is 7.06. The summed E-state index contributed by atoms with van der Waals surface area (Å²) in [6.45, 7) is 1.30. The number of Topliss-reactive ketones (excluding diaryl/α,β-unsaturated/α-hetero) is 1. The average Bonchev–Trinajstić information content (AvgIpc) is 2.09. The Labute approximate surface area is 74.4 Å². The van der Waals surface area contributed by atoms with Crippen molar-refractivity contribution in [2.24, 2.45) is 5.16 Å². The summed E-state index contributed by atoms with van der Waals surface area (Å²) in [5.74, 6) is -0.412. The van der Waals surface area contributed by atoms with E-state index in [0.29, 0.717) is 5.36 Å². The minimum Gasteiger partial charge on any atom is -0.409 e. The number of carbonyl (C=O) groups is 1. The number of oxime groups is 1. The molecule has 1 heterocycles. The van der Waals surface area contributed by atoms with Gasteiger partial charge in [-0.25, -0.2) is 0 Å². The van der Waals surface area contributed by atoms with Crippen LogP contribution in [0.4, 0.5) is 0 Å². The fraction of sp³-hybridized carbons (Fsp3) is 0.125. The fourth-order valence-corrected chi connectivity index (χ4v) is 0.872. The van der Waals surface area contributed by atoms with E-state index in [0.717, 1.165) is 0 Å². The fourth-order valence-electron chi connectivity index (χ4n) is 0.872. The molecular formula is C8H9N3O2. The van der Waals surface area contributed by atoms with Gasteiger partial charge < -0.3 is 15.2 Å². The highest BCUT2D eigenvalue weighted by molar-refractivity contribution is 6.38. The molecule has 0 aliphatic rings. The second-order valence-electron chi connectivity index (χ2n) is 2.47. The van der Waals surface area contributed by atoms with E-state index in [9.17, 15) is 4.79 Å². The summed E-state index contributed by atoms with van der Waals surface area (Å²) in [5, 5.41) is 18.9. The van der Waals surface area contributed by atoms with Gasteiger partial charge in [-0.1, -0.05) is 5.16 Å². The Morgan fingerprint density at radius 1 is 1.54 bits per heavy atom. The third kappa shape index (κ3) is 2.02. The summed E-state index contributed by atoms with van der Waals surface area (Å²) in [7, 11) is 0. The molecule has 68 valence electrons. The molecule has 0 amide bonds. The van der Waals surface area contributed by atoms with Gasteiger partial charge >= 0.3 is 0 Å². The first-order valence-corrected chi connectivity index (χ1v) is 3.61. The van der Waals surface area contributed by atoms with Crippen molar-refractivity contribution in [3.63, 3.8) is 0 Å². The highest BCUT2D eigenvalue weighted by atomic mass is 16.4. The second-order valence-corrected chi connectivity index (χ2v) is 2.47. The SMILES string of the molecule is CC(=O)/C(=N\O)n1ccc(=N)cc1. The number of aromatic nitrogens is 1. The maximum absolute atomic E-state index is 10.9. The molecule has 0 aromatic carbocycles. The summed E-state index contributed by atoms with van der Waals surface area (Å²) >= 11 is 0. The van der Waals surface area contributed by atoms with E-state index in [4.69, 9.17) is 10.6 Å². The zero-order valence-corrected chi connectivity index (χ0v) is 7.06. The number of pyridine rings is 1. The van der Waals surface area contributed by atoms with Gasteiger partial charge in [0.1, 0.15) is 0 Å². The Balaban J connectivity index is 3.14. The number of hydrogen-bond acceptors (Lipinski definition) is 4. The molecular weight excluding hydrogens is 170 g/mol. The van der Waals surface area contributed by atoms with Crippen LogP contribution in [0.25, 0.3) is 0 Å². The topological polar surface area (TPSA) is 78.4 Å². The molecule has 0 saturated heterocycles. The summed E-state index contributed by atoms with van der Waals surface area (Å²) in [4.78, 5) is 10.9. The van der Waals surface area contributed by atoms with Gasteiger partial charge in [-0.3, -0.25) is 4.79 Å². The van der Waals surface area contributed by atoms with Gasteiger partial charge in [0.15, 0.2) is 5.78 Å². The van der Waals surface area contributed by atoms with Crippen LogP contribution >= 0.6 is 0 Å². The van der Waals surface area contributed by atoms with Gasteiger partial charge in [0.25, 0.3) is 0 Å². The highest BCUT2D eigenvalue weighted by Crippen LogP contribution is 1.88. The third-order valence-electron chi connectivity index (χ3n) is 1.48. The molecule has 0 aliphatic heterocycles. The molecule has 1 aromatic rings. The van der Waals surface area contributed by atoms with Crippen LogP contribution < -0.4 is 5.36 Å².